The molecule has 3 rings (SSSR count). The number of hydrogen-bond donors (Lipinski definition) is 3. The van der Waals surface area contributed by atoms with Gasteiger partial charge in [-0.15, -0.1) is 35.3 Å². The lowest BCUT2D eigenvalue weighted by atomic mass is 10.1. The first-order valence-electron chi connectivity index (χ1n) is 8.70. The van der Waals surface area contributed by atoms with Crippen molar-refractivity contribution in [2.24, 2.45) is 12.0 Å². The maximum absolute atomic E-state index is 10.7. The third kappa shape index (κ3) is 5.20. The van der Waals surface area contributed by atoms with Gasteiger partial charge in [-0.2, -0.15) is 0 Å². The highest BCUT2D eigenvalue weighted by molar-refractivity contribution is 14.0. The van der Waals surface area contributed by atoms with E-state index in [0.717, 1.165) is 28.3 Å². The maximum atomic E-state index is 10.7. The third-order valence-corrected chi connectivity index (χ3v) is 5.38. The number of nitrogens with zero attached hydrogens (tertiary/aromatic N) is 3. The summed E-state index contributed by atoms with van der Waals surface area (Å²) >= 11 is 1.55. The van der Waals surface area contributed by atoms with Gasteiger partial charge in [0.15, 0.2) is 5.96 Å². The lowest BCUT2D eigenvalue weighted by molar-refractivity contribution is 0.0655. The van der Waals surface area contributed by atoms with Gasteiger partial charge in [-0.1, -0.05) is 18.2 Å². The monoisotopic (exact) mass is 499 g/mol. The molecule has 1 aromatic carbocycles. The number of guanidine groups is 1. The second kappa shape index (κ2) is 9.52. The van der Waals surface area contributed by atoms with E-state index >= 15 is 0 Å². The number of benzene rings is 1. The van der Waals surface area contributed by atoms with Crippen molar-refractivity contribution in [2.45, 2.75) is 26.0 Å². The first kappa shape index (κ1) is 21.6. The van der Waals surface area contributed by atoms with Crippen LogP contribution in [0.4, 0.5) is 0 Å². The summed E-state index contributed by atoms with van der Waals surface area (Å²) in [5.41, 5.74) is 1.12. The van der Waals surface area contributed by atoms with Crippen molar-refractivity contribution in [1.29, 1.82) is 0 Å². The Morgan fingerprint density at radius 2 is 2.04 bits per heavy atom. The number of aromatic nitrogens is 2. The molecule has 0 spiro atoms. The number of halogens is 1. The lowest BCUT2D eigenvalue weighted by Crippen LogP contribution is -2.44. The smallest absolute Gasteiger partial charge is 0.191 e. The Morgan fingerprint density at radius 1 is 1.26 bits per heavy atom. The molecule has 0 saturated heterocycles. The van der Waals surface area contributed by atoms with Crippen molar-refractivity contribution in [3.8, 4) is 0 Å². The minimum atomic E-state index is -0.942. The molecule has 2 heterocycles. The highest BCUT2D eigenvalue weighted by atomic mass is 127. The van der Waals surface area contributed by atoms with Crippen LogP contribution in [0.3, 0.4) is 0 Å². The molecule has 0 fully saturated rings. The number of para-hydroxylation sites is 2. The minimum absolute atomic E-state index is 0. The molecule has 0 aliphatic rings. The van der Waals surface area contributed by atoms with Crippen LogP contribution in [0.5, 0.6) is 0 Å². The maximum Gasteiger partial charge on any atom is 0.191 e. The van der Waals surface area contributed by atoms with E-state index in [1.165, 1.54) is 0 Å². The molecule has 2 aromatic heterocycles. The highest BCUT2D eigenvalue weighted by Crippen LogP contribution is 2.24. The third-order valence-electron chi connectivity index (χ3n) is 4.25. The van der Waals surface area contributed by atoms with Crippen LogP contribution in [-0.4, -0.2) is 33.7 Å². The lowest BCUT2D eigenvalue weighted by Gasteiger charge is -2.23. The number of rotatable bonds is 6. The molecule has 0 bridgehead atoms. The van der Waals surface area contributed by atoms with E-state index in [2.05, 4.69) is 31.2 Å². The molecule has 0 aliphatic carbocycles. The van der Waals surface area contributed by atoms with Crippen LogP contribution >= 0.6 is 35.3 Å². The van der Waals surface area contributed by atoms with Gasteiger partial charge < -0.3 is 20.3 Å². The number of hydrogen-bond acceptors (Lipinski definition) is 4. The summed E-state index contributed by atoms with van der Waals surface area (Å²) in [5, 5.41) is 19.1. The standard InChI is InChI=1S/C19H25N5OS.HI/c1-4-20-18(22-13-19(2,25)16-10-7-11-26-16)21-12-17-23-14-8-5-6-9-15(14)24(17)3;/h5-11,25H,4,12-13H2,1-3H3,(H2,20,21,22);1H. The molecular weight excluding hydrogens is 473 g/mol. The van der Waals surface area contributed by atoms with Crippen molar-refractivity contribution in [3.63, 3.8) is 0 Å². The zero-order valence-corrected chi connectivity index (χ0v) is 18.9. The van der Waals surface area contributed by atoms with Gasteiger partial charge in [-0.3, -0.25) is 0 Å². The average molecular weight is 499 g/mol. The van der Waals surface area contributed by atoms with Gasteiger partial charge in [0.05, 0.1) is 17.6 Å². The Labute approximate surface area is 180 Å². The van der Waals surface area contributed by atoms with E-state index in [4.69, 9.17) is 0 Å². The summed E-state index contributed by atoms with van der Waals surface area (Å²) in [6, 6.07) is 11.9. The summed E-state index contributed by atoms with van der Waals surface area (Å²) in [7, 11) is 2.00. The molecule has 6 nitrogen and oxygen atoms in total. The van der Waals surface area contributed by atoms with Gasteiger partial charge in [0.1, 0.15) is 18.0 Å². The van der Waals surface area contributed by atoms with E-state index in [9.17, 15) is 5.11 Å². The number of aryl methyl sites for hydroxylation is 1. The Morgan fingerprint density at radius 3 is 2.70 bits per heavy atom. The minimum Gasteiger partial charge on any atom is -0.383 e. The fourth-order valence-corrected chi connectivity index (χ4v) is 3.54. The topological polar surface area (TPSA) is 74.5 Å². The second-order valence-electron chi connectivity index (χ2n) is 6.38. The Bertz CT molecular complexity index is 889. The first-order valence-corrected chi connectivity index (χ1v) is 9.58. The van der Waals surface area contributed by atoms with Gasteiger partial charge in [0.2, 0.25) is 0 Å². The summed E-state index contributed by atoms with van der Waals surface area (Å²) < 4.78 is 2.06. The highest BCUT2D eigenvalue weighted by Gasteiger charge is 2.24. The first-order chi connectivity index (χ1) is 12.5. The van der Waals surface area contributed by atoms with Gasteiger partial charge in [0, 0.05) is 18.5 Å². The van der Waals surface area contributed by atoms with E-state index in [0.29, 0.717) is 19.0 Å². The fourth-order valence-electron chi connectivity index (χ4n) is 2.76. The van der Waals surface area contributed by atoms with Crippen molar-refractivity contribution in [3.05, 3.63) is 52.5 Å². The van der Waals surface area contributed by atoms with Crippen LogP contribution in [0.25, 0.3) is 11.0 Å². The van der Waals surface area contributed by atoms with Gasteiger partial charge in [-0.25, -0.2) is 9.98 Å². The predicted octanol–water partition coefficient (Wildman–Crippen LogP) is 3.22. The van der Waals surface area contributed by atoms with Gasteiger partial charge in [-0.05, 0) is 37.4 Å². The largest absolute Gasteiger partial charge is 0.383 e. The molecule has 1 atom stereocenters. The van der Waals surface area contributed by atoms with Crippen molar-refractivity contribution in [2.75, 3.05) is 13.1 Å². The molecule has 0 amide bonds. The number of imidazole rings is 1. The Balaban J connectivity index is 0.00000261. The molecule has 0 aliphatic heterocycles. The molecule has 146 valence electrons. The SMILES string of the molecule is CCNC(=NCc1nc2ccccc2n1C)NCC(C)(O)c1cccs1.I. The molecule has 1 unspecified atom stereocenters. The van der Waals surface area contributed by atoms with E-state index in [1.807, 2.05) is 49.7 Å². The zero-order chi connectivity index (χ0) is 18.6. The quantitative estimate of drug-likeness (QED) is 0.277. The number of aliphatic hydroxyl groups is 1. The van der Waals surface area contributed by atoms with Crippen LogP contribution < -0.4 is 10.6 Å². The van der Waals surface area contributed by atoms with Crippen molar-refractivity contribution >= 4 is 52.3 Å². The van der Waals surface area contributed by atoms with Crippen molar-refractivity contribution < 1.29 is 5.11 Å². The number of fused-ring (bicyclic) bond motifs is 1. The Kier molecular flexibility index (Phi) is 7.63. The molecule has 27 heavy (non-hydrogen) atoms. The van der Waals surface area contributed by atoms with Gasteiger partial charge >= 0.3 is 0 Å². The molecule has 0 radical (unpaired) electrons. The van der Waals surface area contributed by atoms with E-state index < -0.39 is 5.60 Å². The van der Waals surface area contributed by atoms with Crippen LogP contribution in [0.15, 0.2) is 46.8 Å². The zero-order valence-electron chi connectivity index (χ0n) is 15.8. The molecule has 3 N–H and O–H groups in total. The van der Waals surface area contributed by atoms with Gasteiger partial charge in [0.25, 0.3) is 0 Å². The molecular formula is C19H26IN5OS. The van der Waals surface area contributed by atoms with Crippen LogP contribution in [0.2, 0.25) is 0 Å². The molecule has 8 heteroatoms. The number of thiophene rings is 1. The molecule has 0 saturated carbocycles. The summed E-state index contributed by atoms with van der Waals surface area (Å²) in [5.74, 6) is 1.56. The summed E-state index contributed by atoms with van der Waals surface area (Å²) in [4.78, 5) is 10.2. The molecule has 3 aromatic rings. The van der Waals surface area contributed by atoms with Crippen LogP contribution in [0, 0.1) is 0 Å². The van der Waals surface area contributed by atoms with Crippen molar-refractivity contribution in [1.82, 2.24) is 20.2 Å². The summed E-state index contributed by atoms with van der Waals surface area (Å²) in [6.07, 6.45) is 0. The number of nitrogens with one attached hydrogen (secondary N) is 2. The van der Waals surface area contributed by atoms with Crippen LogP contribution in [0.1, 0.15) is 24.5 Å². The second-order valence-corrected chi connectivity index (χ2v) is 7.32. The summed E-state index contributed by atoms with van der Waals surface area (Å²) in [6.45, 7) is 5.41. The van der Waals surface area contributed by atoms with Crippen LogP contribution in [-0.2, 0) is 19.2 Å². The fraction of sp³-hybridized carbons (Fsp3) is 0.368. The van der Waals surface area contributed by atoms with E-state index in [1.54, 1.807) is 18.3 Å². The average Bonchev–Trinajstić information content (AvgIpc) is 3.27. The van der Waals surface area contributed by atoms with E-state index in [-0.39, 0.29) is 24.0 Å². The normalized spacial score (nSPS) is 13.9. The Hall–Kier alpha value is -1.65. The predicted molar refractivity (Wildman–Crippen MR) is 123 cm³/mol. The number of aliphatic imine (C=N–C) groups is 1.